The third-order valence-electron chi connectivity index (χ3n) is 3.62. The van der Waals surface area contributed by atoms with Crippen LogP contribution in [0.5, 0.6) is 0 Å². The summed E-state index contributed by atoms with van der Waals surface area (Å²) in [5, 5.41) is 0.0613. The second-order valence-electron chi connectivity index (χ2n) is 5.06. The number of nitrogens with one attached hydrogen (secondary N) is 1. The van der Waals surface area contributed by atoms with Gasteiger partial charge in [-0.2, -0.15) is 4.31 Å². The molecular weight excluding hydrogens is 320 g/mol. The van der Waals surface area contributed by atoms with Gasteiger partial charge in [-0.05, 0) is 6.42 Å². The van der Waals surface area contributed by atoms with Crippen LogP contribution in [0.2, 0.25) is 0 Å². The number of carbonyl (C=O) groups is 1. The van der Waals surface area contributed by atoms with Crippen molar-refractivity contribution in [2.45, 2.75) is 11.4 Å². The van der Waals surface area contributed by atoms with Gasteiger partial charge in [0.2, 0.25) is 0 Å². The first kappa shape index (κ1) is 15.6. The van der Waals surface area contributed by atoms with E-state index in [1.165, 1.54) is 35.4 Å². The summed E-state index contributed by atoms with van der Waals surface area (Å²) in [6, 6.07) is 0. The Balaban J connectivity index is 1.72. The molecule has 122 valence electrons. The molecule has 0 atom stereocenters. The quantitative estimate of drug-likeness (QED) is 0.826. The Labute approximate surface area is 133 Å². The third-order valence-corrected chi connectivity index (χ3v) is 5.44. The molecule has 0 unspecified atom stereocenters. The van der Waals surface area contributed by atoms with Crippen LogP contribution < -0.4 is 0 Å². The Hall–Kier alpha value is -2.33. The van der Waals surface area contributed by atoms with Crippen molar-refractivity contribution in [1.29, 1.82) is 0 Å². The van der Waals surface area contributed by atoms with Gasteiger partial charge in [-0.25, -0.2) is 18.4 Å². The first-order chi connectivity index (χ1) is 11.1. The van der Waals surface area contributed by atoms with Crippen LogP contribution in [-0.2, 0) is 10.0 Å². The van der Waals surface area contributed by atoms with Gasteiger partial charge >= 0.3 is 0 Å². The molecule has 0 aromatic carbocycles. The number of aromatic nitrogens is 4. The molecule has 3 rings (SSSR count). The van der Waals surface area contributed by atoms with E-state index in [0.29, 0.717) is 26.1 Å². The number of amides is 1. The molecule has 1 N–H and O–H groups in total. The number of rotatable bonds is 3. The summed E-state index contributed by atoms with van der Waals surface area (Å²) >= 11 is 0. The van der Waals surface area contributed by atoms with E-state index in [-0.39, 0.29) is 23.2 Å². The van der Waals surface area contributed by atoms with Crippen LogP contribution in [0.1, 0.15) is 16.9 Å². The second kappa shape index (κ2) is 6.42. The van der Waals surface area contributed by atoms with Crippen molar-refractivity contribution in [3.8, 4) is 0 Å². The fraction of sp³-hybridized carbons (Fsp3) is 0.385. The topological polar surface area (TPSA) is 112 Å². The minimum Gasteiger partial charge on any atom is -0.336 e. The fourth-order valence-corrected chi connectivity index (χ4v) is 3.80. The number of H-pyrrole nitrogens is 1. The molecule has 1 saturated heterocycles. The highest BCUT2D eigenvalue weighted by Gasteiger charge is 2.29. The molecule has 9 nitrogen and oxygen atoms in total. The Morgan fingerprint density at radius 3 is 2.65 bits per heavy atom. The van der Waals surface area contributed by atoms with Crippen LogP contribution in [0.25, 0.3) is 0 Å². The SMILES string of the molecule is O=C(c1cnccn1)N1CCCN(S(=O)(=O)c2cnc[nH]2)CC1. The molecule has 0 saturated carbocycles. The lowest BCUT2D eigenvalue weighted by atomic mass is 10.3. The van der Waals surface area contributed by atoms with Crippen molar-refractivity contribution in [2.75, 3.05) is 26.2 Å². The summed E-state index contributed by atoms with van der Waals surface area (Å²) in [5.74, 6) is -0.237. The predicted molar refractivity (Wildman–Crippen MR) is 79.9 cm³/mol. The van der Waals surface area contributed by atoms with E-state index in [1.807, 2.05) is 0 Å². The van der Waals surface area contributed by atoms with Gasteiger partial charge in [-0.1, -0.05) is 0 Å². The van der Waals surface area contributed by atoms with Gasteiger partial charge < -0.3 is 9.88 Å². The highest BCUT2D eigenvalue weighted by atomic mass is 32.2. The van der Waals surface area contributed by atoms with Crippen molar-refractivity contribution < 1.29 is 13.2 Å². The van der Waals surface area contributed by atoms with Crippen molar-refractivity contribution in [3.63, 3.8) is 0 Å². The normalized spacial score (nSPS) is 17.0. The Bertz CT molecular complexity index is 762. The standard InChI is InChI=1S/C13H16N6O3S/c20-13(11-8-14-2-3-16-11)18-4-1-5-19(7-6-18)23(21,22)12-9-15-10-17-12/h2-3,8-10H,1,4-7H2,(H,15,17). The lowest BCUT2D eigenvalue weighted by Crippen LogP contribution is -2.37. The number of sulfonamides is 1. The van der Waals surface area contributed by atoms with Crippen LogP contribution in [-0.4, -0.2) is 69.6 Å². The lowest BCUT2D eigenvalue weighted by molar-refractivity contribution is 0.0758. The van der Waals surface area contributed by atoms with Crippen molar-refractivity contribution in [2.24, 2.45) is 0 Å². The van der Waals surface area contributed by atoms with E-state index >= 15 is 0 Å². The van der Waals surface area contributed by atoms with Crippen molar-refractivity contribution >= 4 is 15.9 Å². The first-order valence-electron chi connectivity index (χ1n) is 7.13. The molecule has 23 heavy (non-hydrogen) atoms. The molecule has 1 fully saturated rings. The van der Waals surface area contributed by atoms with E-state index in [2.05, 4.69) is 19.9 Å². The van der Waals surface area contributed by atoms with Crippen molar-refractivity contribution in [1.82, 2.24) is 29.1 Å². The molecule has 1 aliphatic rings. The van der Waals surface area contributed by atoms with Gasteiger partial charge in [-0.15, -0.1) is 0 Å². The van der Waals surface area contributed by atoms with E-state index in [0.717, 1.165) is 0 Å². The molecule has 2 aromatic rings. The Morgan fingerprint density at radius 2 is 1.96 bits per heavy atom. The smallest absolute Gasteiger partial charge is 0.274 e. The Kier molecular flexibility index (Phi) is 4.35. The fourth-order valence-electron chi connectivity index (χ4n) is 2.43. The maximum Gasteiger partial charge on any atom is 0.274 e. The molecule has 1 aliphatic heterocycles. The van der Waals surface area contributed by atoms with E-state index in [4.69, 9.17) is 0 Å². The molecule has 0 radical (unpaired) electrons. The number of carbonyl (C=O) groups excluding carboxylic acids is 1. The molecule has 10 heteroatoms. The zero-order valence-electron chi connectivity index (χ0n) is 12.3. The minimum atomic E-state index is -3.61. The number of nitrogens with zero attached hydrogens (tertiary/aromatic N) is 5. The average molecular weight is 336 g/mol. The van der Waals surface area contributed by atoms with Crippen LogP contribution >= 0.6 is 0 Å². The Morgan fingerprint density at radius 1 is 1.09 bits per heavy atom. The van der Waals surface area contributed by atoms with Crippen LogP contribution in [0.3, 0.4) is 0 Å². The van der Waals surface area contributed by atoms with Crippen LogP contribution in [0.4, 0.5) is 0 Å². The average Bonchev–Trinajstić information content (AvgIpc) is 3.00. The molecule has 0 aliphatic carbocycles. The summed E-state index contributed by atoms with van der Waals surface area (Å²) in [4.78, 5) is 28.2. The number of hydrogen-bond donors (Lipinski definition) is 1. The summed E-state index contributed by atoms with van der Waals surface area (Å²) in [5.41, 5.74) is 0.261. The first-order valence-corrected chi connectivity index (χ1v) is 8.57. The summed E-state index contributed by atoms with van der Waals surface area (Å²) in [6.07, 6.45) is 7.53. The summed E-state index contributed by atoms with van der Waals surface area (Å²) in [6.45, 7) is 1.37. The van der Waals surface area contributed by atoms with Gasteiger partial charge in [-0.3, -0.25) is 9.78 Å². The van der Waals surface area contributed by atoms with Gasteiger partial charge in [0.15, 0.2) is 5.03 Å². The molecule has 0 bridgehead atoms. The monoisotopic (exact) mass is 336 g/mol. The van der Waals surface area contributed by atoms with Crippen LogP contribution in [0.15, 0.2) is 36.1 Å². The van der Waals surface area contributed by atoms with Gasteiger partial charge in [0.1, 0.15) is 5.69 Å². The minimum absolute atomic E-state index is 0.0613. The van der Waals surface area contributed by atoms with Crippen LogP contribution in [0, 0.1) is 0 Å². The highest BCUT2D eigenvalue weighted by Crippen LogP contribution is 2.15. The molecule has 3 heterocycles. The maximum atomic E-state index is 12.5. The number of hydrogen-bond acceptors (Lipinski definition) is 6. The van der Waals surface area contributed by atoms with E-state index in [1.54, 1.807) is 4.90 Å². The maximum absolute atomic E-state index is 12.5. The zero-order valence-corrected chi connectivity index (χ0v) is 13.1. The summed E-state index contributed by atoms with van der Waals surface area (Å²) in [7, 11) is -3.61. The molecule has 1 amide bonds. The lowest BCUT2D eigenvalue weighted by Gasteiger charge is -2.21. The number of imidazole rings is 1. The summed E-state index contributed by atoms with van der Waals surface area (Å²) < 4.78 is 26.3. The molecule has 2 aromatic heterocycles. The number of aromatic amines is 1. The van der Waals surface area contributed by atoms with Gasteiger partial charge in [0.25, 0.3) is 15.9 Å². The second-order valence-corrected chi connectivity index (χ2v) is 6.96. The molecule has 0 spiro atoms. The van der Waals surface area contributed by atoms with Crippen molar-refractivity contribution in [3.05, 3.63) is 36.8 Å². The predicted octanol–water partition coefficient (Wildman–Crippen LogP) is -0.263. The van der Waals surface area contributed by atoms with Gasteiger partial charge in [0, 0.05) is 38.6 Å². The largest absolute Gasteiger partial charge is 0.336 e. The van der Waals surface area contributed by atoms with E-state index < -0.39 is 10.0 Å². The third kappa shape index (κ3) is 3.22. The highest BCUT2D eigenvalue weighted by molar-refractivity contribution is 7.89. The van der Waals surface area contributed by atoms with E-state index in [9.17, 15) is 13.2 Å². The molecular formula is C13H16N6O3S. The van der Waals surface area contributed by atoms with Gasteiger partial charge in [0.05, 0.1) is 18.7 Å². The zero-order chi connectivity index (χ0) is 16.3.